The minimum atomic E-state index is 0.542. The summed E-state index contributed by atoms with van der Waals surface area (Å²) in [5.41, 5.74) is 5.19. The van der Waals surface area contributed by atoms with Crippen molar-refractivity contribution in [1.82, 2.24) is 0 Å². The van der Waals surface area contributed by atoms with E-state index in [1.54, 1.807) is 0 Å². The highest BCUT2D eigenvalue weighted by Crippen LogP contribution is 2.40. The summed E-state index contributed by atoms with van der Waals surface area (Å²) in [7, 11) is 0. The highest BCUT2D eigenvalue weighted by atomic mass is 16.6. The van der Waals surface area contributed by atoms with Gasteiger partial charge in [0, 0.05) is 24.5 Å². The Morgan fingerprint density at radius 1 is 0.593 bits per heavy atom. The average molecular weight is 368 g/mol. The van der Waals surface area contributed by atoms with E-state index >= 15 is 0 Å². The van der Waals surface area contributed by atoms with E-state index in [0.29, 0.717) is 39.6 Å². The van der Waals surface area contributed by atoms with Gasteiger partial charge >= 0.3 is 0 Å². The molecule has 0 spiro atoms. The van der Waals surface area contributed by atoms with Gasteiger partial charge in [0.2, 0.25) is 0 Å². The molecule has 6 heteroatoms. The summed E-state index contributed by atoms with van der Waals surface area (Å²) in [4.78, 5) is 4.82. The van der Waals surface area contributed by atoms with Gasteiger partial charge in [0.15, 0.2) is 0 Å². The topological polar surface area (TPSA) is 43.4 Å². The number of ether oxygens (including phenoxy) is 4. The summed E-state index contributed by atoms with van der Waals surface area (Å²) < 4.78 is 22.9. The summed E-state index contributed by atoms with van der Waals surface area (Å²) in [6.07, 6.45) is 0. The van der Waals surface area contributed by atoms with E-state index in [2.05, 4.69) is 46.2 Å². The number of hydrogen-bond acceptors (Lipinski definition) is 6. The standard InChI is InChI=1S/C21H24N2O4/c1-3-20-16-11-18(1)26-9-7-24-5-6-25-8-10-27-19-2-4-21-17(12-19)14-22(20)15-23(21)13-16/h1-4,11-12H,5-10,13-15H2. The van der Waals surface area contributed by atoms with E-state index < -0.39 is 0 Å². The normalized spacial score (nSPS) is 19.4. The Hall–Kier alpha value is -2.44. The lowest BCUT2D eigenvalue weighted by atomic mass is 10.0. The Morgan fingerprint density at radius 2 is 1.07 bits per heavy atom. The molecule has 6 aliphatic heterocycles. The maximum Gasteiger partial charge on any atom is 0.119 e. The quantitative estimate of drug-likeness (QED) is 0.712. The van der Waals surface area contributed by atoms with Crippen molar-refractivity contribution in [2.75, 3.05) is 56.1 Å². The molecule has 8 rings (SSSR count). The molecule has 0 aromatic heterocycles. The van der Waals surface area contributed by atoms with Crippen LogP contribution >= 0.6 is 0 Å². The molecular formula is C21H24N2O4. The molecule has 0 saturated heterocycles. The van der Waals surface area contributed by atoms with Crippen molar-refractivity contribution in [3.63, 3.8) is 0 Å². The molecular weight excluding hydrogens is 344 g/mol. The molecule has 0 atom stereocenters. The maximum absolute atomic E-state index is 5.88. The summed E-state index contributed by atoms with van der Waals surface area (Å²) in [6, 6.07) is 12.8. The van der Waals surface area contributed by atoms with Crippen LogP contribution in [0.5, 0.6) is 11.5 Å². The van der Waals surface area contributed by atoms with Gasteiger partial charge in [-0.1, -0.05) is 0 Å². The van der Waals surface area contributed by atoms with Crippen molar-refractivity contribution in [3.8, 4) is 11.5 Å². The number of fused-ring (bicyclic) bond motifs is 2. The zero-order chi connectivity index (χ0) is 18.1. The van der Waals surface area contributed by atoms with Gasteiger partial charge in [-0.25, -0.2) is 0 Å². The third-order valence-electron chi connectivity index (χ3n) is 5.21. The fourth-order valence-corrected chi connectivity index (χ4v) is 3.97. The molecule has 8 bridgehead atoms. The first-order chi connectivity index (χ1) is 13.4. The van der Waals surface area contributed by atoms with Gasteiger partial charge in [0.25, 0.3) is 0 Å². The molecule has 0 amide bonds. The van der Waals surface area contributed by atoms with Crippen LogP contribution in [0, 0.1) is 0 Å². The Balaban J connectivity index is 1.45. The van der Waals surface area contributed by atoms with Crippen molar-refractivity contribution < 1.29 is 18.9 Å². The van der Waals surface area contributed by atoms with Crippen LogP contribution in [0.3, 0.4) is 0 Å². The Kier molecular flexibility index (Phi) is 4.51. The van der Waals surface area contributed by atoms with E-state index in [4.69, 9.17) is 18.9 Å². The van der Waals surface area contributed by atoms with Crippen LogP contribution in [0.2, 0.25) is 0 Å². The van der Waals surface area contributed by atoms with Crippen LogP contribution in [0.1, 0.15) is 11.1 Å². The molecule has 0 fully saturated rings. The summed E-state index contributed by atoms with van der Waals surface area (Å²) in [6.45, 7) is 6.03. The Bertz CT molecular complexity index is 758. The number of hydrogen-bond donors (Lipinski definition) is 0. The van der Waals surface area contributed by atoms with Crippen molar-refractivity contribution in [2.45, 2.75) is 13.1 Å². The molecule has 142 valence electrons. The van der Waals surface area contributed by atoms with Crippen LogP contribution in [-0.4, -0.2) is 46.3 Å². The van der Waals surface area contributed by atoms with Crippen LogP contribution < -0.4 is 19.3 Å². The average Bonchev–Trinajstić information content (AvgIpc) is 2.68. The van der Waals surface area contributed by atoms with Crippen LogP contribution in [0.4, 0.5) is 11.4 Å². The van der Waals surface area contributed by atoms with Crippen molar-refractivity contribution in [3.05, 3.63) is 47.5 Å². The van der Waals surface area contributed by atoms with Gasteiger partial charge in [0.1, 0.15) is 24.7 Å². The van der Waals surface area contributed by atoms with E-state index in [1.807, 2.05) is 0 Å². The van der Waals surface area contributed by atoms with E-state index in [9.17, 15) is 0 Å². The monoisotopic (exact) mass is 368 g/mol. The number of anilines is 2. The first-order valence-electron chi connectivity index (χ1n) is 9.54. The molecule has 2 aromatic rings. The van der Waals surface area contributed by atoms with Crippen LogP contribution in [-0.2, 0) is 22.6 Å². The number of rotatable bonds is 0. The number of nitrogens with zero attached hydrogens (tertiary/aromatic N) is 2. The first kappa shape index (κ1) is 16.7. The minimum absolute atomic E-state index is 0.542. The number of benzene rings is 2. The third-order valence-corrected chi connectivity index (χ3v) is 5.21. The molecule has 27 heavy (non-hydrogen) atoms. The van der Waals surface area contributed by atoms with Crippen LogP contribution in [0.15, 0.2) is 36.4 Å². The van der Waals surface area contributed by atoms with Gasteiger partial charge in [-0.2, -0.15) is 0 Å². The van der Waals surface area contributed by atoms with Gasteiger partial charge in [0.05, 0.1) is 33.1 Å². The van der Waals surface area contributed by atoms with Gasteiger partial charge < -0.3 is 28.7 Å². The molecule has 2 aromatic carbocycles. The van der Waals surface area contributed by atoms with Gasteiger partial charge in [-0.3, -0.25) is 0 Å². The predicted octanol–water partition coefficient (Wildman–Crippen LogP) is 2.79. The highest BCUT2D eigenvalue weighted by Gasteiger charge is 2.29. The third kappa shape index (κ3) is 3.42. The molecule has 6 heterocycles. The van der Waals surface area contributed by atoms with Gasteiger partial charge in [-0.15, -0.1) is 0 Å². The zero-order valence-corrected chi connectivity index (χ0v) is 15.4. The van der Waals surface area contributed by atoms with E-state index in [1.165, 1.54) is 22.5 Å². The molecule has 0 aliphatic carbocycles. The molecule has 0 saturated carbocycles. The molecule has 6 aliphatic rings. The fourth-order valence-electron chi connectivity index (χ4n) is 3.97. The molecule has 0 N–H and O–H groups in total. The Labute approximate surface area is 159 Å². The lowest BCUT2D eigenvalue weighted by molar-refractivity contribution is 0.0273. The second-order valence-electron chi connectivity index (χ2n) is 7.04. The minimum Gasteiger partial charge on any atom is -0.491 e. The lowest BCUT2D eigenvalue weighted by Gasteiger charge is -2.44. The van der Waals surface area contributed by atoms with E-state index in [-0.39, 0.29) is 0 Å². The molecule has 6 nitrogen and oxygen atoms in total. The SMILES string of the molecule is c1cc2c3cc1OCCOCCOCCOc1ccc4c(c1)CN2CN4C3. The fraction of sp³-hybridized carbons (Fsp3) is 0.429. The zero-order valence-electron chi connectivity index (χ0n) is 15.4. The molecule has 0 unspecified atom stereocenters. The molecule has 0 radical (unpaired) electrons. The second kappa shape index (κ2) is 7.29. The van der Waals surface area contributed by atoms with Crippen LogP contribution in [0.25, 0.3) is 0 Å². The Morgan fingerprint density at radius 3 is 1.59 bits per heavy atom. The second-order valence-corrected chi connectivity index (χ2v) is 7.04. The summed E-state index contributed by atoms with van der Waals surface area (Å²) in [5.74, 6) is 1.80. The smallest absolute Gasteiger partial charge is 0.119 e. The van der Waals surface area contributed by atoms with Crippen molar-refractivity contribution in [1.29, 1.82) is 0 Å². The summed E-state index contributed by atoms with van der Waals surface area (Å²) >= 11 is 0. The largest absolute Gasteiger partial charge is 0.491 e. The van der Waals surface area contributed by atoms with Crippen molar-refractivity contribution in [2.24, 2.45) is 0 Å². The first-order valence-corrected chi connectivity index (χ1v) is 9.54. The predicted molar refractivity (Wildman–Crippen MR) is 103 cm³/mol. The summed E-state index contributed by atoms with van der Waals surface area (Å²) in [5, 5.41) is 0. The maximum atomic E-state index is 5.88. The lowest BCUT2D eigenvalue weighted by Crippen LogP contribution is -2.46. The highest BCUT2D eigenvalue weighted by molar-refractivity contribution is 5.69. The van der Waals surface area contributed by atoms with Crippen molar-refractivity contribution >= 4 is 11.4 Å². The van der Waals surface area contributed by atoms with E-state index in [0.717, 1.165) is 31.3 Å². The van der Waals surface area contributed by atoms with Gasteiger partial charge in [-0.05, 0) is 47.5 Å².